The number of amides is 2. The monoisotopic (exact) mass is 335 g/mol. The molecular weight excluding hydrogens is 317 g/mol. The van der Waals surface area contributed by atoms with Crippen LogP contribution in [0.15, 0.2) is 22.9 Å². The van der Waals surface area contributed by atoms with Gasteiger partial charge in [-0.15, -0.1) is 0 Å². The summed E-state index contributed by atoms with van der Waals surface area (Å²) in [5.74, 6) is 0.778. The molecule has 0 radical (unpaired) electrons. The standard InChI is InChI=1S/C15H18FN5O3/c1-9-18-14(24-21-9)13(10-4-6-23-7-5-10)20-15(22)19-12-3-2-11(16)8-17-12/h2-3,8,10,13H,4-7H2,1H3,(H2,17,19,20,22)/t13-/m0/s1. The number of pyridine rings is 1. The Kier molecular flexibility index (Phi) is 4.99. The predicted octanol–water partition coefficient (Wildman–Crippen LogP) is 2.20. The average Bonchev–Trinajstić information content (AvgIpc) is 3.02. The number of rotatable bonds is 4. The number of nitrogens with one attached hydrogen (secondary N) is 2. The van der Waals surface area contributed by atoms with Gasteiger partial charge < -0.3 is 14.6 Å². The largest absolute Gasteiger partial charge is 0.381 e. The third kappa shape index (κ3) is 4.05. The first-order chi connectivity index (χ1) is 11.6. The van der Waals surface area contributed by atoms with E-state index in [1.807, 2.05) is 0 Å². The minimum Gasteiger partial charge on any atom is -0.381 e. The normalized spacial score (nSPS) is 16.6. The summed E-state index contributed by atoms with van der Waals surface area (Å²) in [4.78, 5) is 20.3. The molecule has 0 spiro atoms. The number of urea groups is 1. The highest BCUT2D eigenvalue weighted by Crippen LogP contribution is 2.29. The van der Waals surface area contributed by atoms with Crippen molar-refractivity contribution in [2.75, 3.05) is 18.5 Å². The molecule has 1 aliphatic heterocycles. The fourth-order valence-electron chi connectivity index (χ4n) is 2.61. The van der Waals surface area contributed by atoms with Gasteiger partial charge in [0.1, 0.15) is 17.7 Å². The number of aromatic nitrogens is 3. The number of aryl methyl sites for hydroxylation is 1. The summed E-state index contributed by atoms with van der Waals surface area (Å²) < 4.78 is 23.5. The van der Waals surface area contributed by atoms with Crippen LogP contribution in [0.4, 0.5) is 15.0 Å². The van der Waals surface area contributed by atoms with Gasteiger partial charge in [0.15, 0.2) is 5.82 Å². The van der Waals surface area contributed by atoms with Gasteiger partial charge in [-0.3, -0.25) is 5.32 Å². The number of hydrogen-bond acceptors (Lipinski definition) is 6. The zero-order valence-electron chi connectivity index (χ0n) is 13.2. The molecule has 0 aliphatic carbocycles. The SMILES string of the molecule is Cc1noc([C@@H](NC(=O)Nc2ccc(F)cn2)C2CCOCC2)n1. The summed E-state index contributed by atoms with van der Waals surface area (Å²) in [6.45, 7) is 2.96. The molecule has 24 heavy (non-hydrogen) atoms. The number of nitrogens with zero attached hydrogens (tertiary/aromatic N) is 3. The Morgan fingerprint density at radius 3 is 2.79 bits per heavy atom. The molecule has 1 aliphatic rings. The van der Waals surface area contributed by atoms with Gasteiger partial charge in [-0.2, -0.15) is 4.98 Å². The van der Waals surface area contributed by atoms with E-state index in [-0.39, 0.29) is 11.7 Å². The topological polar surface area (TPSA) is 102 Å². The van der Waals surface area contributed by atoms with Gasteiger partial charge >= 0.3 is 6.03 Å². The van der Waals surface area contributed by atoms with Crippen molar-refractivity contribution >= 4 is 11.8 Å². The first-order valence-corrected chi connectivity index (χ1v) is 7.69. The minimum atomic E-state index is -0.471. The van der Waals surface area contributed by atoms with Gasteiger partial charge in [0.2, 0.25) is 5.89 Å². The molecule has 0 bridgehead atoms. The summed E-state index contributed by atoms with van der Waals surface area (Å²) in [5, 5.41) is 9.20. The second-order valence-electron chi connectivity index (χ2n) is 5.57. The van der Waals surface area contributed by atoms with E-state index in [0.717, 1.165) is 19.0 Å². The Balaban J connectivity index is 1.70. The average molecular weight is 335 g/mol. The maximum absolute atomic E-state index is 12.9. The van der Waals surface area contributed by atoms with Crippen LogP contribution in [0.2, 0.25) is 0 Å². The Labute approximate surface area is 137 Å². The third-order valence-electron chi connectivity index (χ3n) is 3.80. The highest BCUT2D eigenvalue weighted by Gasteiger charge is 2.31. The number of anilines is 1. The molecule has 0 unspecified atom stereocenters. The Bertz CT molecular complexity index is 685. The van der Waals surface area contributed by atoms with Gasteiger partial charge in [0.25, 0.3) is 0 Å². The van der Waals surface area contributed by atoms with Crippen molar-refractivity contribution < 1.29 is 18.4 Å². The lowest BCUT2D eigenvalue weighted by molar-refractivity contribution is 0.0506. The number of carbonyl (C=O) groups is 1. The van der Waals surface area contributed by atoms with Crippen LogP contribution in [-0.4, -0.2) is 34.4 Å². The lowest BCUT2D eigenvalue weighted by atomic mass is 9.91. The number of ether oxygens (including phenoxy) is 1. The van der Waals surface area contributed by atoms with Gasteiger partial charge in [-0.05, 0) is 37.8 Å². The van der Waals surface area contributed by atoms with E-state index in [2.05, 4.69) is 25.8 Å². The fraction of sp³-hybridized carbons (Fsp3) is 0.467. The maximum Gasteiger partial charge on any atom is 0.321 e. The van der Waals surface area contributed by atoms with Gasteiger partial charge in [0.05, 0.1) is 6.20 Å². The summed E-state index contributed by atoms with van der Waals surface area (Å²) >= 11 is 0. The summed E-state index contributed by atoms with van der Waals surface area (Å²) in [6, 6.07) is 1.71. The first-order valence-electron chi connectivity index (χ1n) is 7.69. The zero-order valence-corrected chi connectivity index (χ0v) is 13.2. The van der Waals surface area contributed by atoms with Crippen molar-refractivity contribution in [3.05, 3.63) is 35.9 Å². The highest BCUT2D eigenvalue weighted by atomic mass is 19.1. The Hall–Kier alpha value is -2.55. The minimum absolute atomic E-state index is 0.130. The molecule has 2 aromatic heterocycles. The summed E-state index contributed by atoms with van der Waals surface area (Å²) in [5.41, 5.74) is 0. The second-order valence-corrected chi connectivity index (χ2v) is 5.57. The van der Waals surface area contributed by atoms with Gasteiger partial charge in [0, 0.05) is 13.2 Å². The molecule has 128 valence electrons. The zero-order chi connectivity index (χ0) is 16.9. The molecule has 1 saturated heterocycles. The molecule has 3 heterocycles. The fourth-order valence-corrected chi connectivity index (χ4v) is 2.61. The molecule has 2 amide bonds. The molecule has 8 nitrogen and oxygen atoms in total. The van der Waals surface area contributed by atoms with Crippen molar-refractivity contribution in [2.24, 2.45) is 5.92 Å². The van der Waals surface area contributed by atoms with Crippen molar-refractivity contribution in [2.45, 2.75) is 25.8 Å². The van der Waals surface area contributed by atoms with Crippen molar-refractivity contribution in [1.82, 2.24) is 20.4 Å². The molecule has 9 heteroatoms. The smallest absolute Gasteiger partial charge is 0.321 e. The molecule has 0 aromatic carbocycles. The Morgan fingerprint density at radius 1 is 1.38 bits per heavy atom. The molecular formula is C15H18FN5O3. The maximum atomic E-state index is 12.9. The van der Waals surface area contributed by atoms with Crippen LogP contribution in [0.3, 0.4) is 0 Å². The molecule has 1 atom stereocenters. The van der Waals surface area contributed by atoms with Crippen LogP contribution < -0.4 is 10.6 Å². The van der Waals surface area contributed by atoms with E-state index in [9.17, 15) is 9.18 Å². The number of halogens is 1. The van der Waals surface area contributed by atoms with E-state index in [0.29, 0.717) is 24.9 Å². The van der Waals surface area contributed by atoms with Crippen molar-refractivity contribution in [3.8, 4) is 0 Å². The van der Waals surface area contributed by atoms with E-state index in [1.54, 1.807) is 6.92 Å². The predicted molar refractivity (Wildman–Crippen MR) is 81.7 cm³/mol. The van der Waals surface area contributed by atoms with Gasteiger partial charge in [-0.25, -0.2) is 14.2 Å². The Morgan fingerprint density at radius 2 is 2.17 bits per heavy atom. The summed E-state index contributed by atoms with van der Waals surface area (Å²) in [6.07, 6.45) is 2.59. The molecule has 2 aromatic rings. The van der Waals surface area contributed by atoms with Crippen molar-refractivity contribution in [3.63, 3.8) is 0 Å². The van der Waals surface area contributed by atoms with E-state index >= 15 is 0 Å². The lowest BCUT2D eigenvalue weighted by Gasteiger charge is -2.28. The van der Waals surface area contributed by atoms with E-state index in [1.165, 1.54) is 12.1 Å². The number of hydrogen-bond donors (Lipinski definition) is 2. The van der Waals surface area contributed by atoms with E-state index in [4.69, 9.17) is 9.26 Å². The molecule has 0 saturated carbocycles. The van der Waals surface area contributed by atoms with Gasteiger partial charge in [-0.1, -0.05) is 5.16 Å². The highest BCUT2D eigenvalue weighted by molar-refractivity contribution is 5.88. The summed E-state index contributed by atoms with van der Waals surface area (Å²) in [7, 11) is 0. The molecule has 1 fully saturated rings. The van der Waals surface area contributed by atoms with Crippen molar-refractivity contribution in [1.29, 1.82) is 0 Å². The second kappa shape index (κ2) is 7.35. The molecule has 3 rings (SSSR count). The lowest BCUT2D eigenvalue weighted by Crippen LogP contribution is -2.38. The molecule has 2 N–H and O–H groups in total. The third-order valence-corrected chi connectivity index (χ3v) is 3.80. The van der Waals surface area contributed by atoms with Crippen LogP contribution in [0.5, 0.6) is 0 Å². The van der Waals surface area contributed by atoms with Crippen LogP contribution >= 0.6 is 0 Å². The van der Waals surface area contributed by atoms with Crippen LogP contribution in [0.1, 0.15) is 30.6 Å². The van der Waals surface area contributed by atoms with E-state index < -0.39 is 17.9 Å². The first kappa shape index (κ1) is 16.3. The number of carbonyl (C=O) groups excluding carboxylic acids is 1. The van der Waals surface area contributed by atoms with Crippen LogP contribution in [0.25, 0.3) is 0 Å². The quantitative estimate of drug-likeness (QED) is 0.888. The van der Waals surface area contributed by atoms with Crippen LogP contribution in [-0.2, 0) is 4.74 Å². The van der Waals surface area contributed by atoms with Crippen LogP contribution in [0, 0.1) is 18.7 Å².